The average Bonchev–Trinajstić information content (AvgIpc) is 3.28. The molecule has 0 radical (unpaired) electrons. The van der Waals surface area contributed by atoms with E-state index in [9.17, 15) is 19.8 Å². The summed E-state index contributed by atoms with van der Waals surface area (Å²) in [6, 6.07) is 6.27. The Morgan fingerprint density at radius 3 is 2.26 bits per heavy atom. The number of aliphatic hydroxyl groups is 2. The standard InChI is InChI=1S/C14H16O5/c1-19-14(18)13(17)12(16)10-6-4-9(5-7-10)11(15)8-2-3-8/h4-8,12-13,16-17H,2-3H2,1H3. The van der Waals surface area contributed by atoms with E-state index >= 15 is 0 Å². The van der Waals surface area contributed by atoms with Gasteiger partial charge in [-0.15, -0.1) is 0 Å². The first kappa shape index (κ1) is 13.7. The Morgan fingerprint density at radius 2 is 1.79 bits per heavy atom. The zero-order chi connectivity index (χ0) is 14.0. The van der Waals surface area contributed by atoms with Crippen molar-refractivity contribution in [3.63, 3.8) is 0 Å². The molecule has 2 atom stereocenters. The van der Waals surface area contributed by atoms with E-state index in [-0.39, 0.29) is 11.7 Å². The molecule has 1 aromatic carbocycles. The molecule has 102 valence electrons. The van der Waals surface area contributed by atoms with Gasteiger partial charge in [-0.3, -0.25) is 4.79 Å². The topological polar surface area (TPSA) is 83.8 Å². The average molecular weight is 264 g/mol. The number of carbonyl (C=O) groups is 2. The number of hydrogen-bond acceptors (Lipinski definition) is 5. The molecule has 2 unspecified atom stereocenters. The molecule has 5 heteroatoms. The fraction of sp³-hybridized carbons (Fsp3) is 0.429. The molecule has 0 spiro atoms. The van der Waals surface area contributed by atoms with Gasteiger partial charge >= 0.3 is 5.97 Å². The van der Waals surface area contributed by atoms with Crippen LogP contribution in [0.1, 0.15) is 34.9 Å². The molecular weight excluding hydrogens is 248 g/mol. The highest BCUT2D eigenvalue weighted by molar-refractivity contribution is 5.99. The van der Waals surface area contributed by atoms with Gasteiger partial charge in [-0.2, -0.15) is 0 Å². The first-order valence-corrected chi connectivity index (χ1v) is 6.12. The molecule has 1 fully saturated rings. The van der Waals surface area contributed by atoms with Gasteiger partial charge in [0, 0.05) is 11.5 Å². The highest BCUT2D eigenvalue weighted by atomic mass is 16.5. The predicted octanol–water partition coefficient (Wildman–Crippen LogP) is 0.847. The van der Waals surface area contributed by atoms with Gasteiger partial charge in [-0.05, 0) is 18.4 Å². The van der Waals surface area contributed by atoms with Gasteiger partial charge < -0.3 is 14.9 Å². The third kappa shape index (κ3) is 3.00. The molecule has 0 aromatic heterocycles. The van der Waals surface area contributed by atoms with Crippen LogP contribution in [-0.4, -0.2) is 35.2 Å². The molecule has 1 saturated carbocycles. The fourth-order valence-electron chi connectivity index (χ4n) is 1.86. The van der Waals surface area contributed by atoms with Crippen molar-refractivity contribution in [2.75, 3.05) is 7.11 Å². The van der Waals surface area contributed by atoms with Gasteiger partial charge in [-0.1, -0.05) is 24.3 Å². The minimum Gasteiger partial charge on any atom is -0.467 e. The number of aliphatic hydroxyl groups excluding tert-OH is 2. The van der Waals surface area contributed by atoms with Crippen molar-refractivity contribution in [1.29, 1.82) is 0 Å². The SMILES string of the molecule is COC(=O)C(O)C(O)c1ccc(C(=O)C2CC2)cc1. The van der Waals surface area contributed by atoms with E-state index in [0.717, 1.165) is 20.0 Å². The lowest BCUT2D eigenvalue weighted by Gasteiger charge is -2.16. The van der Waals surface area contributed by atoms with Crippen molar-refractivity contribution < 1.29 is 24.5 Å². The summed E-state index contributed by atoms with van der Waals surface area (Å²) in [6.07, 6.45) is -1.12. The molecule has 5 nitrogen and oxygen atoms in total. The van der Waals surface area contributed by atoms with E-state index in [1.165, 1.54) is 12.1 Å². The van der Waals surface area contributed by atoms with Crippen molar-refractivity contribution in [3.05, 3.63) is 35.4 Å². The lowest BCUT2D eigenvalue weighted by atomic mass is 10.0. The minimum atomic E-state index is -1.63. The summed E-state index contributed by atoms with van der Waals surface area (Å²) in [6.45, 7) is 0. The van der Waals surface area contributed by atoms with Crippen LogP contribution in [0.5, 0.6) is 0 Å². The highest BCUT2D eigenvalue weighted by Crippen LogP contribution is 2.32. The summed E-state index contributed by atoms with van der Waals surface area (Å²) < 4.78 is 4.35. The summed E-state index contributed by atoms with van der Waals surface area (Å²) in [7, 11) is 1.13. The van der Waals surface area contributed by atoms with Crippen LogP contribution in [-0.2, 0) is 9.53 Å². The van der Waals surface area contributed by atoms with E-state index < -0.39 is 18.2 Å². The Morgan fingerprint density at radius 1 is 1.21 bits per heavy atom. The second kappa shape index (κ2) is 5.50. The Bertz CT molecular complexity index is 475. The van der Waals surface area contributed by atoms with Crippen LogP contribution in [0.3, 0.4) is 0 Å². The van der Waals surface area contributed by atoms with Gasteiger partial charge in [0.15, 0.2) is 11.9 Å². The predicted molar refractivity (Wildman–Crippen MR) is 66.5 cm³/mol. The molecule has 19 heavy (non-hydrogen) atoms. The Kier molecular flexibility index (Phi) is 3.97. The molecule has 0 saturated heterocycles. The summed E-state index contributed by atoms with van der Waals surface area (Å²) in [5.41, 5.74) is 0.955. The summed E-state index contributed by atoms with van der Waals surface area (Å²) >= 11 is 0. The van der Waals surface area contributed by atoms with Crippen LogP contribution in [0, 0.1) is 5.92 Å². The van der Waals surface area contributed by atoms with Crippen LogP contribution < -0.4 is 0 Å². The van der Waals surface area contributed by atoms with Crippen molar-refractivity contribution in [2.45, 2.75) is 25.0 Å². The van der Waals surface area contributed by atoms with Gasteiger partial charge in [0.05, 0.1) is 7.11 Å². The summed E-state index contributed by atoms with van der Waals surface area (Å²) in [5.74, 6) is -0.656. The Labute approximate surface area is 110 Å². The van der Waals surface area contributed by atoms with Crippen LogP contribution in [0.15, 0.2) is 24.3 Å². The third-order valence-electron chi connectivity index (χ3n) is 3.23. The first-order chi connectivity index (χ1) is 9.04. The van der Waals surface area contributed by atoms with Crippen LogP contribution in [0.4, 0.5) is 0 Å². The van der Waals surface area contributed by atoms with Crippen LogP contribution in [0.25, 0.3) is 0 Å². The highest BCUT2D eigenvalue weighted by Gasteiger charge is 2.31. The van der Waals surface area contributed by atoms with Crippen molar-refractivity contribution in [1.82, 2.24) is 0 Å². The van der Waals surface area contributed by atoms with E-state index in [1.807, 2.05) is 0 Å². The molecule has 0 heterocycles. The largest absolute Gasteiger partial charge is 0.467 e. The second-order valence-corrected chi connectivity index (χ2v) is 4.67. The molecule has 0 aliphatic heterocycles. The number of rotatable bonds is 5. The van der Waals surface area contributed by atoms with Crippen LogP contribution in [0.2, 0.25) is 0 Å². The first-order valence-electron chi connectivity index (χ1n) is 6.12. The summed E-state index contributed by atoms with van der Waals surface area (Å²) in [5, 5.41) is 19.3. The zero-order valence-corrected chi connectivity index (χ0v) is 10.6. The van der Waals surface area contributed by atoms with E-state index in [4.69, 9.17) is 0 Å². The number of ketones is 1. The monoisotopic (exact) mass is 264 g/mol. The number of carbonyl (C=O) groups excluding carboxylic acids is 2. The molecule has 2 rings (SSSR count). The smallest absolute Gasteiger partial charge is 0.337 e. The van der Waals surface area contributed by atoms with Crippen molar-refractivity contribution in [2.24, 2.45) is 5.92 Å². The van der Waals surface area contributed by atoms with E-state index in [0.29, 0.717) is 11.1 Å². The molecule has 1 aromatic rings. The number of esters is 1. The zero-order valence-electron chi connectivity index (χ0n) is 10.6. The second-order valence-electron chi connectivity index (χ2n) is 4.67. The number of benzene rings is 1. The maximum Gasteiger partial charge on any atom is 0.337 e. The minimum absolute atomic E-state index is 0.106. The third-order valence-corrected chi connectivity index (χ3v) is 3.23. The Hall–Kier alpha value is -1.72. The molecule has 0 amide bonds. The van der Waals surface area contributed by atoms with E-state index in [1.54, 1.807) is 12.1 Å². The molecule has 2 N–H and O–H groups in total. The van der Waals surface area contributed by atoms with Gasteiger partial charge in [0.2, 0.25) is 0 Å². The van der Waals surface area contributed by atoms with Gasteiger partial charge in [0.1, 0.15) is 6.10 Å². The molecular formula is C14H16O5. The normalized spacial score (nSPS) is 17.6. The number of hydrogen-bond donors (Lipinski definition) is 2. The van der Waals surface area contributed by atoms with Gasteiger partial charge in [0.25, 0.3) is 0 Å². The number of methoxy groups -OCH3 is 1. The molecule has 1 aliphatic carbocycles. The maximum absolute atomic E-state index is 11.8. The fourth-order valence-corrected chi connectivity index (χ4v) is 1.86. The number of Topliss-reactive ketones (excluding diaryl/α,β-unsaturated/α-hetero) is 1. The lowest BCUT2D eigenvalue weighted by molar-refractivity contribution is -0.156. The lowest BCUT2D eigenvalue weighted by Crippen LogP contribution is -2.29. The van der Waals surface area contributed by atoms with Crippen molar-refractivity contribution in [3.8, 4) is 0 Å². The Balaban J connectivity index is 2.09. The van der Waals surface area contributed by atoms with Crippen molar-refractivity contribution >= 4 is 11.8 Å². The molecule has 1 aliphatic rings. The van der Waals surface area contributed by atoms with E-state index in [2.05, 4.69) is 4.74 Å². The maximum atomic E-state index is 11.8. The van der Waals surface area contributed by atoms with Crippen LogP contribution >= 0.6 is 0 Å². The summed E-state index contributed by atoms with van der Waals surface area (Å²) in [4.78, 5) is 22.9. The number of ether oxygens (including phenoxy) is 1. The molecule has 0 bridgehead atoms. The van der Waals surface area contributed by atoms with Gasteiger partial charge in [-0.25, -0.2) is 4.79 Å². The quantitative estimate of drug-likeness (QED) is 0.608.